The molecular formula is C23H33BrO4. The zero-order valence-corrected chi connectivity index (χ0v) is 19.7. The van der Waals surface area contributed by atoms with Crippen LogP contribution in [0.1, 0.15) is 83.7 Å². The van der Waals surface area contributed by atoms with Crippen molar-refractivity contribution in [2.45, 2.75) is 80.3 Å². The van der Waals surface area contributed by atoms with Crippen LogP contribution in [0.5, 0.6) is 5.75 Å². The maximum absolute atomic E-state index is 12.5. The average molecular weight is 453 g/mol. The van der Waals surface area contributed by atoms with Crippen molar-refractivity contribution in [3.05, 3.63) is 39.1 Å². The Morgan fingerprint density at radius 2 is 1.79 bits per heavy atom. The second kappa shape index (κ2) is 11.4. The lowest BCUT2D eigenvalue weighted by atomic mass is 9.86. The van der Waals surface area contributed by atoms with Crippen LogP contribution in [0.3, 0.4) is 0 Å². The number of carbonyl (C=O) groups is 2. The molecule has 4 nitrogen and oxygen atoms in total. The minimum absolute atomic E-state index is 0.0128. The van der Waals surface area contributed by atoms with Crippen molar-refractivity contribution < 1.29 is 19.1 Å². The predicted octanol–water partition coefficient (Wildman–Crippen LogP) is 6.64. The van der Waals surface area contributed by atoms with Crippen molar-refractivity contribution in [2.24, 2.45) is 5.92 Å². The molecule has 0 amide bonds. The van der Waals surface area contributed by atoms with Gasteiger partial charge in [-0.15, -0.1) is 0 Å². The Morgan fingerprint density at radius 3 is 2.39 bits per heavy atom. The van der Waals surface area contributed by atoms with Crippen LogP contribution in [0.2, 0.25) is 0 Å². The molecule has 2 aliphatic rings. The Bertz CT molecular complexity index is 736. The van der Waals surface area contributed by atoms with Gasteiger partial charge >= 0.3 is 5.97 Å². The molecule has 0 spiro atoms. The Labute approximate surface area is 177 Å². The smallest absolute Gasteiger partial charge is 0.347 e. The van der Waals surface area contributed by atoms with Crippen LogP contribution in [0, 0.1) is 5.92 Å². The Hall–Kier alpha value is -1.62. The molecule has 0 saturated carbocycles. The molecule has 3 rings (SSSR count). The van der Waals surface area contributed by atoms with Gasteiger partial charge < -0.3 is 9.47 Å². The number of Topliss-reactive ketones (excluding diaryl/α,β-unsaturated/α-hetero) is 1. The van der Waals surface area contributed by atoms with Crippen LogP contribution in [0.4, 0.5) is 0 Å². The number of benzene rings is 1. The number of unbranched alkanes of at least 4 members (excludes halogenated alkanes) is 1. The number of fused-ring (bicyclic) bond motifs is 2. The van der Waals surface area contributed by atoms with Crippen molar-refractivity contribution in [1.82, 2.24) is 0 Å². The lowest BCUT2D eigenvalue weighted by Crippen LogP contribution is -2.35. The van der Waals surface area contributed by atoms with E-state index < -0.39 is 12.1 Å². The monoisotopic (exact) mass is 452 g/mol. The fraction of sp³-hybridized carbons (Fsp3) is 0.565. The van der Waals surface area contributed by atoms with Crippen LogP contribution >= 0.6 is 15.9 Å². The van der Waals surface area contributed by atoms with E-state index >= 15 is 0 Å². The molecule has 2 atom stereocenters. The highest BCUT2D eigenvalue weighted by Gasteiger charge is 2.40. The van der Waals surface area contributed by atoms with Crippen LogP contribution in [-0.2, 0) is 16.0 Å². The van der Waals surface area contributed by atoms with Crippen LogP contribution in [0.15, 0.2) is 27.9 Å². The molecule has 1 heterocycles. The van der Waals surface area contributed by atoms with Crippen molar-refractivity contribution in [3.8, 4) is 5.75 Å². The summed E-state index contributed by atoms with van der Waals surface area (Å²) in [5.74, 6) is 0.399. The maximum atomic E-state index is 12.5. The number of aryl methyl sites for hydroxylation is 1. The van der Waals surface area contributed by atoms with Gasteiger partial charge in [-0.1, -0.05) is 54.0 Å². The standard InChI is InChI=1S/C19H21BrO4.2C2H6/c1-4-5-6-12-7-8-13-18(15(12)20)23-16-10(2)9-14(21)11(3)17(16)24-19(13)22;2*1-2/h7-8,10,16H,4-6,9H2,1-3H3;2*1-2H3. The molecule has 0 saturated heterocycles. The molecule has 1 aromatic rings. The van der Waals surface area contributed by atoms with Gasteiger partial charge in [0.1, 0.15) is 11.3 Å². The summed E-state index contributed by atoms with van der Waals surface area (Å²) in [5.41, 5.74) is 2.00. The molecule has 1 aromatic carbocycles. The number of ether oxygens (including phenoxy) is 2. The van der Waals surface area contributed by atoms with Gasteiger partial charge in [0.05, 0.1) is 4.47 Å². The highest BCUT2D eigenvalue weighted by Crippen LogP contribution is 2.41. The van der Waals surface area contributed by atoms with Crippen LogP contribution in [0.25, 0.3) is 0 Å². The molecule has 1 aliphatic carbocycles. The first-order valence-corrected chi connectivity index (χ1v) is 11.2. The van der Waals surface area contributed by atoms with Gasteiger partial charge in [-0.25, -0.2) is 4.79 Å². The minimum Gasteiger partial charge on any atom is -0.480 e. The third-order valence-electron chi connectivity index (χ3n) is 4.71. The second-order valence-electron chi connectivity index (χ2n) is 6.54. The molecule has 0 fully saturated rings. The van der Waals surface area contributed by atoms with Gasteiger partial charge in [-0.2, -0.15) is 0 Å². The third-order valence-corrected chi connectivity index (χ3v) is 5.58. The summed E-state index contributed by atoms with van der Waals surface area (Å²) in [4.78, 5) is 24.6. The van der Waals surface area contributed by atoms with Crippen LogP contribution in [-0.4, -0.2) is 17.9 Å². The van der Waals surface area contributed by atoms with E-state index in [1.807, 2.05) is 40.7 Å². The van der Waals surface area contributed by atoms with E-state index in [-0.39, 0.29) is 11.7 Å². The van der Waals surface area contributed by atoms with Gasteiger partial charge in [0, 0.05) is 17.9 Å². The molecule has 2 unspecified atom stereocenters. The SMILES string of the molecule is CC.CC.CCCCc1ccc2c(c1Br)OC1C(=C(C)C(=O)CC1C)OC2=O. The molecule has 1 aliphatic heterocycles. The number of hydrogen-bond acceptors (Lipinski definition) is 4. The summed E-state index contributed by atoms with van der Waals surface area (Å²) in [6.07, 6.45) is 3.08. The number of esters is 1. The molecule has 0 N–H and O–H groups in total. The van der Waals surface area contributed by atoms with E-state index in [4.69, 9.17) is 9.47 Å². The second-order valence-corrected chi connectivity index (χ2v) is 7.33. The van der Waals surface area contributed by atoms with E-state index in [9.17, 15) is 9.59 Å². The summed E-state index contributed by atoms with van der Waals surface area (Å²) in [5, 5.41) is 0. The zero-order valence-electron chi connectivity index (χ0n) is 18.1. The Kier molecular flexibility index (Phi) is 9.94. The number of allylic oxidation sites excluding steroid dienone is 1. The Balaban J connectivity index is 0.000000921. The summed E-state index contributed by atoms with van der Waals surface area (Å²) in [6.45, 7) is 13.8. The topological polar surface area (TPSA) is 52.6 Å². The highest BCUT2D eigenvalue weighted by atomic mass is 79.9. The largest absolute Gasteiger partial charge is 0.480 e. The van der Waals surface area contributed by atoms with Crippen molar-refractivity contribution >= 4 is 27.7 Å². The van der Waals surface area contributed by atoms with E-state index in [1.165, 1.54) is 0 Å². The fourth-order valence-electron chi connectivity index (χ4n) is 3.18. The average Bonchev–Trinajstić information content (AvgIpc) is 2.86. The summed E-state index contributed by atoms with van der Waals surface area (Å²) >= 11 is 3.61. The fourth-order valence-corrected chi connectivity index (χ4v) is 3.82. The summed E-state index contributed by atoms with van der Waals surface area (Å²) in [7, 11) is 0. The lowest BCUT2D eigenvalue weighted by molar-refractivity contribution is -0.118. The number of rotatable bonds is 3. The molecule has 0 aromatic heterocycles. The van der Waals surface area contributed by atoms with Gasteiger partial charge in [0.15, 0.2) is 17.6 Å². The van der Waals surface area contributed by atoms with Gasteiger partial charge in [0.2, 0.25) is 0 Å². The first-order valence-electron chi connectivity index (χ1n) is 10.4. The molecular weight excluding hydrogens is 420 g/mol. The van der Waals surface area contributed by atoms with E-state index in [2.05, 4.69) is 22.9 Å². The highest BCUT2D eigenvalue weighted by molar-refractivity contribution is 9.10. The van der Waals surface area contributed by atoms with E-state index in [0.29, 0.717) is 29.1 Å². The van der Waals surface area contributed by atoms with Gasteiger partial charge in [-0.3, -0.25) is 4.79 Å². The molecule has 28 heavy (non-hydrogen) atoms. The first kappa shape index (κ1) is 24.4. The number of carbonyl (C=O) groups excluding carboxylic acids is 2. The number of ketones is 1. The molecule has 156 valence electrons. The summed E-state index contributed by atoms with van der Waals surface area (Å²) in [6, 6.07) is 3.70. The quantitative estimate of drug-likeness (QED) is 0.481. The predicted molar refractivity (Wildman–Crippen MR) is 117 cm³/mol. The van der Waals surface area contributed by atoms with Crippen molar-refractivity contribution in [2.75, 3.05) is 0 Å². The zero-order chi connectivity index (χ0) is 21.4. The first-order chi connectivity index (χ1) is 13.4. The molecule has 0 bridgehead atoms. The number of hydrogen-bond donors (Lipinski definition) is 0. The van der Waals surface area contributed by atoms with E-state index in [0.717, 1.165) is 29.3 Å². The van der Waals surface area contributed by atoms with E-state index in [1.54, 1.807) is 13.0 Å². The van der Waals surface area contributed by atoms with Gasteiger partial charge in [0.25, 0.3) is 0 Å². The van der Waals surface area contributed by atoms with Crippen molar-refractivity contribution in [1.29, 1.82) is 0 Å². The summed E-state index contributed by atoms with van der Waals surface area (Å²) < 4.78 is 12.6. The normalized spacial score (nSPS) is 20.3. The molecule has 5 heteroatoms. The lowest BCUT2D eigenvalue weighted by Gasteiger charge is -2.29. The number of halogens is 1. The maximum Gasteiger partial charge on any atom is 0.347 e. The van der Waals surface area contributed by atoms with Crippen molar-refractivity contribution in [3.63, 3.8) is 0 Å². The van der Waals surface area contributed by atoms with Gasteiger partial charge in [-0.05, 0) is 47.3 Å². The Morgan fingerprint density at radius 1 is 1.14 bits per heavy atom. The minimum atomic E-state index is -0.466. The van der Waals surface area contributed by atoms with Crippen LogP contribution < -0.4 is 4.74 Å². The third kappa shape index (κ3) is 5.05. The molecule has 0 radical (unpaired) electrons.